The molecule has 0 fully saturated rings. The van der Waals surface area contributed by atoms with Crippen LogP contribution in [0.2, 0.25) is 0 Å². The van der Waals surface area contributed by atoms with Crippen LogP contribution in [0.1, 0.15) is 12.5 Å². The first-order valence-corrected chi connectivity index (χ1v) is 6.98. The molecule has 0 aliphatic heterocycles. The van der Waals surface area contributed by atoms with E-state index in [2.05, 4.69) is 6.07 Å². The normalized spacial score (nSPS) is 12.2. The SMILES string of the molecule is COc1ccccc1CSCC(C)C(=S)Cl. The lowest BCUT2D eigenvalue weighted by Gasteiger charge is -2.10. The molecule has 1 aromatic carbocycles. The van der Waals surface area contributed by atoms with Gasteiger partial charge in [-0.3, -0.25) is 0 Å². The van der Waals surface area contributed by atoms with Crippen molar-refractivity contribution in [1.29, 1.82) is 0 Å². The predicted molar refractivity (Wildman–Crippen MR) is 76.8 cm³/mol. The van der Waals surface area contributed by atoms with E-state index < -0.39 is 0 Å². The van der Waals surface area contributed by atoms with Gasteiger partial charge in [-0.15, -0.1) is 0 Å². The Morgan fingerprint density at radius 2 is 2.19 bits per heavy atom. The molecule has 1 aromatic rings. The number of halogens is 1. The summed E-state index contributed by atoms with van der Waals surface area (Å²) < 4.78 is 5.85. The fourth-order valence-electron chi connectivity index (χ4n) is 1.23. The Balaban J connectivity index is 2.45. The number of ether oxygens (including phenoxy) is 1. The van der Waals surface area contributed by atoms with E-state index in [4.69, 9.17) is 28.6 Å². The first kappa shape index (κ1) is 13.8. The Hall–Kier alpha value is -0.250. The molecule has 0 saturated carbocycles. The van der Waals surface area contributed by atoms with Crippen LogP contribution < -0.4 is 4.74 Å². The molecule has 1 nitrogen and oxygen atoms in total. The van der Waals surface area contributed by atoms with Gasteiger partial charge in [0.1, 0.15) is 5.75 Å². The zero-order valence-corrected chi connectivity index (χ0v) is 11.8. The number of thiocarbonyl (C=S) groups is 1. The minimum Gasteiger partial charge on any atom is -0.496 e. The lowest BCUT2D eigenvalue weighted by molar-refractivity contribution is 0.411. The molecule has 0 aliphatic rings. The third-order valence-electron chi connectivity index (χ3n) is 2.21. The standard InChI is InChI=1S/C12H15ClOS2/c1-9(12(13)15)7-16-8-10-5-3-4-6-11(10)14-2/h3-6,9H,7-8H2,1-2H3. The van der Waals surface area contributed by atoms with Crippen LogP contribution in [0.3, 0.4) is 0 Å². The van der Waals surface area contributed by atoms with Gasteiger partial charge >= 0.3 is 0 Å². The predicted octanol–water partition coefficient (Wildman–Crippen LogP) is 4.13. The maximum atomic E-state index is 5.76. The summed E-state index contributed by atoms with van der Waals surface area (Å²) in [6.07, 6.45) is 0. The number of para-hydroxylation sites is 1. The molecule has 0 amide bonds. The maximum Gasteiger partial charge on any atom is 0.122 e. The minimum absolute atomic E-state index is 0.274. The summed E-state index contributed by atoms with van der Waals surface area (Å²) in [5.74, 6) is 3.08. The van der Waals surface area contributed by atoms with E-state index in [9.17, 15) is 0 Å². The highest BCUT2D eigenvalue weighted by Gasteiger charge is 2.07. The summed E-state index contributed by atoms with van der Waals surface area (Å²) in [6, 6.07) is 8.05. The van der Waals surface area contributed by atoms with E-state index in [1.54, 1.807) is 7.11 Å². The Labute approximate surface area is 112 Å². The fourth-order valence-corrected chi connectivity index (χ4v) is 2.69. The van der Waals surface area contributed by atoms with Crippen molar-refractivity contribution in [3.63, 3.8) is 0 Å². The second kappa shape index (κ2) is 7.15. The van der Waals surface area contributed by atoms with Gasteiger partial charge in [-0.25, -0.2) is 0 Å². The number of methoxy groups -OCH3 is 1. The van der Waals surface area contributed by atoms with Crippen molar-refractivity contribution in [2.24, 2.45) is 5.92 Å². The van der Waals surface area contributed by atoms with Crippen molar-refractivity contribution in [1.82, 2.24) is 0 Å². The van der Waals surface area contributed by atoms with Gasteiger partial charge in [0, 0.05) is 23.0 Å². The topological polar surface area (TPSA) is 9.23 Å². The second-order valence-electron chi connectivity index (χ2n) is 3.53. The zero-order valence-electron chi connectivity index (χ0n) is 9.40. The van der Waals surface area contributed by atoms with Crippen molar-refractivity contribution in [3.05, 3.63) is 29.8 Å². The van der Waals surface area contributed by atoms with Crippen molar-refractivity contribution in [2.45, 2.75) is 12.7 Å². The van der Waals surface area contributed by atoms with Crippen molar-refractivity contribution < 1.29 is 4.74 Å². The van der Waals surface area contributed by atoms with Crippen molar-refractivity contribution >= 4 is 39.9 Å². The molecule has 1 atom stereocenters. The van der Waals surface area contributed by atoms with Crippen LogP contribution in [-0.2, 0) is 5.75 Å². The molecule has 0 aliphatic carbocycles. The maximum absolute atomic E-state index is 5.76. The van der Waals surface area contributed by atoms with Crippen LogP contribution in [0.25, 0.3) is 0 Å². The largest absolute Gasteiger partial charge is 0.496 e. The summed E-state index contributed by atoms with van der Waals surface area (Å²) in [6.45, 7) is 2.05. The van der Waals surface area contributed by atoms with Crippen LogP contribution in [0, 0.1) is 5.92 Å². The van der Waals surface area contributed by atoms with Crippen LogP contribution in [-0.4, -0.2) is 17.2 Å². The molecular weight excluding hydrogens is 260 g/mol. The van der Waals surface area contributed by atoms with E-state index >= 15 is 0 Å². The number of thioether (sulfide) groups is 1. The molecule has 16 heavy (non-hydrogen) atoms. The highest BCUT2D eigenvalue weighted by atomic mass is 35.5. The van der Waals surface area contributed by atoms with E-state index in [0.29, 0.717) is 4.32 Å². The molecule has 0 bridgehead atoms. The van der Waals surface area contributed by atoms with Crippen molar-refractivity contribution in [3.8, 4) is 5.75 Å². The molecule has 0 N–H and O–H groups in total. The van der Waals surface area contributed by atoms with Crippen LogP contribution in [0.5, 0.6) is 5.75 Å². The van der Waals surface area contributed by atoms with Gasteiger partial charge in [0.2, 0.25) is 0 Å². The number of rotatable bonds is 6. The van der Waals surface area contributed by atoms with Gasteiger partial charge < -0.3 is 4.74 Å². The van der Waals surface area contributed by atoms with E-state index in [1.807, 2.05) is 36.9 Å². The summed E-state index contributed by atoms with van der Waals surface area (Å²) >= 11 is 12.5. The van der Waals surface area contributed by atoms with Crippen LogP contribution >= 0.6 is 35.6 Å². The van der Waals surface area contributed by atoms with Crippen LogP contribution in [0.15, 0.2) is 24.3 Å². The average Bonchev–Trinajstić information content (AvgIpc) is 2.29. The van der Waals surface area contributed by atoms with Gasteiger partial charge in [-0.1, -0.05) is 48.9 Å². The van der Waals surface area contributed by atoms with Gasteiger partial charge in [-0.2, -0.15) is 11.8 Å². The summed E-state index contributed by atoms with van der Waals surface area (Å²) in [5, 5.41) is 0. The molecule has 0 heterocycles. The monoisotopic (exact) mass is 274 g/mol. The lowest BCUT2D eigenvalue weighted by atomic mass is 10.2. The zero-order chi connectivity index (χ0) is 12.0. The third kappa shape index (κ3) is 4.32. The Kier molecular flexibility index (Phi) is 6.17. The lowest BCUT2D eigenvalue weighted by Crippen LogP contribution is -2.04. The van der Waals surface area contributed by atoms with E-state index in [1.165, 1.54) is 5.56 Å². The number of benzene rings is 1. The minimum atomic E-state index is 0.274. The first-order chi connectivity index (χ1) is 7.65. The Morgan fingerprint density at radius 1 is 1.50 bits per heavy atom. The van der Waals surface area contributed by atoms with Gasteiger partial charge in [0.25, 0.3) is 0 Å². The molecule has 0 radical (unpaired) electrons. The van der Waals surface area contributed by atoms with Crippen molar-refractivity contribution in [2.75, 3.05) is 12.9 Å². The van der Waals surface area contributed by atoms with E-state index in [0.717, 1.165) is 17.3 Å². The molecular formula is C12H15ClOS2. The average molecular weight is 275 g/mol. The van der Waals surface area contributed by atoms with Gasteiger partial charge in [-0.05, 0) is 6.07 Å². The van der Waals surface area contributed by atoms with Gasteiger partial charge in [0.15, 0.2) is 0 Å². The number of hydrogen-bond donors (Lipinski definition) is 0. The quantitative estimate of drug-likeness (QED) is 0.570. The summed E-state index contributed by atoms with van der Waals surface area (Å²) in [4.78, 5) is 0. The fraction of sp³-hybridized carbons (Fsp3) is 0.417. The van der Waals surface area contributed by atoms with Crippen LogP contribution in [0.4, 0.5) is 0 Å². The smallest absolute Gasteiger partial charge is 0.122 e. The second-order valence-corrected chi connectivity index (χ2v) is 5.63. The highest BCUT2D eigenvalue weighted by molar-refractivity contribution is 7.98. The molecule has 1 rings (SSSR count). The van der Waals surface area contributed by atoms with Gasteiger partial charge in [0.05, 0.1) is 11.4 Å². The molecule has 0 aromatic heterocycles. The summed E-state index contributed by atoms with van der Waals surface area (Å²) in [7, 11) is 1.69. The number of hydrogen-bond acceptors (Lipinski definition) is 3. The molecule has 88 valence electrons. The highest BCUT2D eigenvalue weighted by Crippen LogP contribution is 2.24. The first-order valence-electron chi connectivity index (χ1n) is 5.04. The summed E-state index contributed by atoms with van der Waals surface area (Å²) in [5.41, 5.74) is 1.21. The third-order valence-corrected chi connectivity index (χ3v) is 4.23. The Bertz CT molecular complexity index is 355. The Morgan fingerprint density at radius 3 is 2.81 bits per heavy atom. The molecule has 0 spiro atoms. The molecule has 1 unspecified atom stereocenters. The van der Waals surface area contributed by atoms with E-state index in [-0.39, 0.29) is 5.92 Å². The molecule has 0 saturated heterocycles. The molecule has 4 heteroatoms.